The molecule has 0 spiro atoms. The average Bonchev–Trinajstić information content (AvgIpc) is 2.89. The van der Waals surface area contributed by atoms with E-state index in [1.165, 1.54) is 18.9 Å². The van der Waals surface area contributed by atoms with Crippen LogP contribution in [0.25, 0.3) is 0 Å². The molecule has 1 saturated carbocycles. The van der Waals surface area contributed by atoms with Gasteiger partial charge in [0, 0.05) is 13.0 Å². The van der Waals surface area contributed by atoms with E-state index in [-0.39, 0.29) is 5.78 Å². The molecule has 1 aliphatic rings. The Morgan fingerprint density at radius 3 is 3.00 bits per heavy atom. The van der Waals surface area contributed by atoms with Crippen LogP contribution in [-0.4, -0.2) is 15.6 Å². The van der Waals surface area contributed by atoms with Crippen LogP contribution < -0.4 is 0 Å². The monoisotopic (exact) mass is 176 g/mol. The summed E-state index contributed by atoms with van der Waals surface area (Å²) >= 11 is 0. The Kier molecular flexibility index (Phi) is 1.79. The van der Waals surface area contributed by atoms with Gasteiger partial charge in [-0.15, -0.1) is 0 Å². The van der Waals surface area contributed by atoms with E-state index in [2.05, 4.69) is 11.7 Å². The van der Waals surface area contributed by atoms with Crippen molar-refractivity contribution in [2.45, 2.75) is 18.8 Å². The highest BCUT2D eigenvalue weighted by atomic mass is 16.1. The van der Waals surface area contributed by atoms with Gasteiger partial charge in [-0.05, 0) is 25.0 Å². The standard InChI is InChI=1S/C10H12N2O/c1-3-10(13)9-6-8(7-4-5-7)11-12(9)2/h3,6-7H,1,4-5H2,2H3. The summed E-state index contributed by atoms with van der Waals surface area (Å²) in [5.41, 5.74) is 1.68. The minimum Gasteiger partial charge on any atom is -0.288 e. The van der Waals surface area contributed by atoms with Crippen molar-refractivity contribution in [1.82, 2.24) is 9.78 Å². The Balaban J connectivity index is 2.34. The Bertz CT molecular complexity index is 361. The zero-order chi connectivity index (χ0) is 9.42. The maximum absolute atomic E-state index is 11.3. The van der Waals surface area contributed by atoms with Gasteiger partial charge in [0.1, 0.15) is 5.69 Å². The Labute approximate surface area is 77.1 Å². The highest BCUT2D eigenvalue weighted by Crippen LogP contribution is 2.39. The molecule has 1 aromatic heterocycles. The van der Waals surface area contributed by atoms with Crippen molar-refractivity contribution < 1.29 is 4.79 Å². The number of hydrogen-bond donors (Lipinski definition) is 0. The molecular formula is C10H12N2O. The second kappa shape index (κ2) is 2.83. The molecule has 0 atom stereocenters. The Morgan fingerprint density at radius 1 is 1.77 bits per heavy atom. The summed E-state index contributed by atoms with van der Waals surface area (Å²) in [6, 6.07) is 1.88. The van der Waals surface area contributed by atoms with Gasteiger partial charge in [-0.25, -0.2) is 0 Å². The van der Waals surface area contributed by atoms with Crippen LogP contribution in [-0.2, 0) is 7.05 Å². The van der Waals surface area contributed by atoms with Crippen LogP contribution in [0, 0.1) is 0 Å². The number of allylic oxidation sites excluding steroid dienone is 1. The zero-order valence-corrected chi connectivity index (χ0v) is 7.66. The van der Waals surface area contributed by atoms with E-state index in [4.69, 9.17) is 0 Å². The second-order valence-electron chi connectivity index (χ2n) is 3.42. The molecule has 2 rings (SSSR count). The van der Waals surface area contributed by atoms with Gasteiger partial charge in [0.2, 0.25) is 5.78 Å². The molecule has 0 unspecified atom stereocenters. The summed E-state index contributed by atoms with van der Waals surface area (Å²) in [4.78, 5) is 11.3. The van der Waals surface area contributed by atoms with E-state index in [0.717, 1.165) is 5.69 Å². The maximum atomic E-state index is 11.3. The van der Waals surface area contributed by atoms with Gasteiger partial charge in [-0.3, -0.25) is 9.48 Å². The molecule has 3 heteroatoms. The van der Waals surface area contributed by atoms with Gasteiger partial charge in [0.05, 0.1) is 5.69 Å². The first-order valence-corrected chi connectivity index (χ1v) is 4.43. The Morgan fingerprint density at radius 2 is 2.46 bits per heavy atom. The van der Waals surface area contributed by atoms with Gasteiger partial charge in [-0.1, -0.05) is 6.58 Å². The van der Waals surface area contributed by atoms with Crippen molar-refractivity contribution in [2.24, 2.45) is 7.05 Å². The third-order valence-corrected chi connectivity index (χ3v) is 2.33. The first-order chi connectivity index (χ1) is 6.22. The molecule has 68 valence electrons. The van der Waals surface area contributed by atoms with Gasteiger partial charge in [0.25, 0.3) is 0 Å². The fraction of sp³-hybridized carbons (Fsp3) is 0.400. The lowest BCUT2D eigenvalue weighted by atomic mass is 10.2. The minimum absolute atomic E-state index is 0.0538. The van der Waals surface area contributed by atoms with Crippen LogP contribution in [0.1, 0.15) is 34.9 Å². The summed E-state index contributed by atoms with van der Waals surface area (Å²) in [6.45, 7) is 3.46. The predicted octanol–water partition coefficient (Wildman–Crippen LogP) is 1.67. The molecule has 1 fully saturated rings. The van der Waals surface area contributed by atoms with E-state index in [1.54, 1.807) is 11.7 Å². The van der Waals surface area contributed by atoms with Gasteiger partial charge in [-0.2, -0.15) is 5.10 Å². The number of carbonyl (C=O) groups excluding carboxylic acids is 1. The van der Waals surface area contributed by atoms with Crippen LogP contribution >= 0.6 is 0 Å². The molecule has 13 heavy (non-hydrogen) atoms. The van der Waals surface area contributed by atoms with Crippen molar-refractivity contribution in [1.29, 1.82) is 0 Å². The number of hydrogen-bond acceptors (Lipinski definition) is 2. The highest BCUT2D eigenvalue weighted by molar-refractivity contribution is 6.02. The summed E-state index contributed by atoms with van der Waals surface area (Å²) in [7, 11) is 1.79. The molecule has 0 amide bonds. The van der Waals surface area contributed by atoms with Gasteiger partial charge >= 0.3 is 0 Å². The summed E-state index contributed by atoms with van der Waals surface area (Å²) < 4.78 is 1.64. The predicted molar refractivity (Wildman–Crippen MR) is 49.7 cm³/mol. The largest absolute Gasteiger partial charge is 0.288 e. The minimum atomic E-state index is -0.0538. The zero-order valence-electron chi connectivity index (χ0n) is 7.66. The lowest BCUT2D eigenvalue weighted by Crippen LogP contribution is -2.03. The van der Waals surface area contributed by atoms with E-state index >= 15 is 0 Å². The molecule has 1 aliphatic carbocycles. The van der Waals surface area contributed by atoms with E-state index in [0.29, 0.717) is 11.6 Å². The molecule has 0 aliphatic heterocycles. The number of aromatic nitrogens is 2. The number of carbonyl (C=O) groups is 1. The molecule has 0 bridgehead atoms. The second-order valence-corrected chi connectivity index (χ2v) is 3.42. The number of nitrogens with zero attached hydrogens (tertiary/aromatic N) is 2. The smallest absolute Gasteiger partial charge is 0.203 e. The molecule has 0 radical (unpaired) electrons. The summed E-state index contributed by atoms with van der Waals surface area (Å²) in [6.07, 6.45) is 3.74. The Hall–Kier alpha value is -1.38. The third-order valence-electron chi connectivity index (χ3n) is 2.33. The molecular weight excluding hydrogens is 164 g/mol. The van der Waals surface area contributed by atoms with Crippen molar-refractivity contribution in [3.63, 3.8) is 0 Å². The summed E-state index contributed by atoms with van der Waals surface area (Å²) in [5, 5.41) is 4.29. The van der Waals surface area contributed by atoms with E-state index < -0.39 is 0 Å². The quantitative estimate of drug-likeness (QED) is 0.518. The van der Waals surface area contributed by atoms with Crippen molar-refractivity contribution in [2.75, 3.05) is 0 Å². The van der Waals surface area contributed by atoms with Crippen LogP contribution in [0.5, 0.6) is 0 Å². The first kappa shape index (κ1) is 8.23. The van der Waals surface area contributed by atoms with Crippen LogP contribution in [0.2, 0.25) is 0 Å². The third kappa shape index (κ3) is 1.41. The number of rotatable bonds is 3. The fourth-order valence-electron chi connectivity index (χ4n) is 1.40. The summed E-state index contributed by atoms with van der Waals surface area (Å²) in [5.74, 6) is 0.541. The van der Waals surface area contributed by atoms with Crippen molar-refractivity contribution in [3.8, 4) is 0 Å². The topological polar surface area (TPSA) is 34.9 Å². The van der Waals surface area contributed by atoms with Crippen LogP contribution in [0.4, 0.5) is 0 Å². The lowest BCUT2D eigenvalue weighted by Gasteiger charge is -1.93. The molecule has 1 heterocycles. The number of ketones is 1. The van der Waals surface area contributed by atoms with Crippen LogP contribution in [0.15, 0.2) is 18.7 Å². The van der Waals surface area contributed by atoms with E-state index in [9.17, 15) is 4.79 Å². The molecule has 0 saturated heterocycles. The SMILES string of the molecule is C=CC(=O)c1cc(C2CC2)nn1C. The van der Waals surface area contributed by atoms with Gasteiger partial charge < -0.3 is 0 Å². The molecule has 3 nitrogen and oxygen atoms in total. The van der Waals surface area contributed by atoms with Crippen molar-refractivity contribution >= 4 is 5.78 Å². The van der Waals surface area contributed by atoms with Crippen molar-refractivity contribution in [3.05, 3.63) is 30.1 Å². The average molecular weight is 176 g/mol. The first-order valence-electron chi connectivity index (χ1n) is 4.43. The van der Waals surface area contributed by atoms with Gasteiger partial charge in [0.15, 0.2) is 0 Å². The molecule has 0 aromatic carbocycles. The lowest BCUT2D eigenvalue weighted by molar-refractivity contribution is 0.103. The fourth-order valence-corrected chi connectivity index (χ4v) is 1.40. The number of aryl methyl sites for hydroxylation is 1. The highest BCUT2D eigenvalue weighted by Gasteiger charge is 2.27. The maximum Gasteiger partial charge on any atom is 0.203 e. The van der Waals surface area contributed by atoms with Crippen LogP contribution in [0.3, 0.4) is 0 Å². The van der Waals surface area contributed by atoms with E-state index in [1.807, 2.05) is 6.07 Å². The molecule has 1 aromatic rings. The normalized spacial score (nSPS) is 15.8. The molecule has 0 N–H and O–H groups in total.